The average Bonchev–Trinajstić information content (AvgIpc) is 2.24. The summed E-state index contributed by atoms with van der Waals surface area (Å²) in [6.07, 6.45) is 2.08. The number of nitrogens with two attached hydrogens (primary N) is 1. The largest absolute Gasteiger partial charge is 0.330 e. The van der Waals surface area contributed by atoms with Gasteiger partial charge in [-0.05, 0) is 69.0 Å². The van der Waals surface area contributed by atoms with E-state index in [2.05, 4.69) is 44.0 Å². The van der Waals surface area contributed by atoms with Crippen molar-refractivity contribution in [1.29, 1.82) is 0 Å². The van der Waals surface area contributed by atoms with Crippen molar-refractivity contribution in [2.75, 3.05) is 6.54 Å². The van der Waals surface area contributed by atoms with Gasteiger partial charge in [-0.25, -0.2) is 0 Å². The molecule has 1 heterocycles. The lowest BCUT2D eigenvalue weighted by molar-refractivity contribution is 0.835. The molecule has 0 atom stereocenters. The average molecular weight is 228 g/mol. The van der Waals surface area contributed by atoms with Crippen LogP contribution in [0.3, 0.4) is 0 Å². The first-order chi connectivity index (χ1) is 8.11. The third-order valence-corrected chi connectivity index (χ3v) is 3.11. The van der Waals surface area contributed by atoms with Gasteiger partial charge >= 0.3 is 0 Å². The van der Waals surface area contributed by atoms with Crippen molar-refractivity contribution in [1.82, 2.24) is 4.98 Å². The highest BCUT2D eigenvalue weighted by Crippen LogP contribution is 2.24. The molecule has 0 aliphatic carbocycles. The Hall–Kier alpha value is -1.41. The molecule has 0 spiro atoms. The number of hydrogen-bond acceptors (Lipinski definition) is 2. The van der Waals surface area contributed by atoms with Gasteiger partial charge in [-0.1, -0.05) is 6.07 Å². The highest BCUT2D eigenvalue weighted by Gasteiger charge is 2.07. The Kier molecular flexibility index (Phi) is 3.43. The summed E-state index contributed by atoms with van der Waals surface area (Å²) in [6, 6.07) is 6.59. The van der Waals surface area contributed by atoms with Crippen molar-refractivity contribution in [3.63, 3.8) is 0 Å². The number of rotatable bonds is 3. The summed E-state index contributed by atoms with van der Waals surface area (Å²) in [4.78, 5) is 4.63. The molecule has 0 saturated carbocycles. The molecular formula is C15H20N2. The summed E-state index contributed by atoms with van der Waals surface area (Å²) in [5.41, 5.74) is 11.8. The number of nitrogens with zero attached hydrogens (tertiary/aromatic N) is 1. The van der Waals surface area contributed by atoms with Crippen LogP contribution in [-0.2, 0) is 6.42 Å². The fraction of sp³-hybridized carbons (Fsp3) is 0.400. The number of hydrogen-bond donors (Lipinski definition) is 1. The molecule has 90 valence electrons. The number of aryl methyl sites for hydroxylation is 4. The summed E-state index contributed by atoms with van der Waals surface area (Å²) in [5, 5.41) is 1.31. The molecule has 0 aliphatic rings. The highest BCUT2D eigenvalue weighted by atomic mass is 14.7. The first-order valence-corrected chi connectivity index (χ1v) is 6.19. The lowest BCUT2D eigenvalue weighted by Gasteiger charge is -2.11. The van der Waals surface area contributed by atoms with Gasteiger partial charge in [0.2, 0.25) is 0 Å². The van der Waals surface area contributed by atoms with E-state index >= 15 is 0 Å². The van der Waals surface area contributed by atoms with E-state index in [1.807, 2.05) is 0 Å². The molecule has 0 saturated heterocycles. The van der Waals surface area contributed by atoms with Gasteiger partial charge in [0.1, 0.15) is 0 Å². The second-order valence-electron chi connectivity index (χ2n) is 4.79. The van der Waals surface area contributed by atoms with E-state index in [-0.39, 0.29) is 0 Å². The third-order valence-electron chi connectivity index (χ3n) is 3.11. The molecule has 2 nitrogen and oxygen atoms in total. The molecule has 2 rings (SSSR count). The Morgan fingerprint density at radius 3 is 2.59 bits per heavy atom. The first-order valence-electron chi connectivity index (χ1n) is 6.19. The molecule has 0 bridgehead atoms. The Balaban J connectivity index is 2.65. The normalized spacial score (nSPS) is 11.1. The molecule has 0 amide bonds. The predicted molar refractivity (Wildman–Crippen MR) is 73.3 cm³/mol. The maximum Gasteiger partial charge on any atom is 0.0713 e. The molecule has 1 aromatic heterocycles. The van der Waals surface area contributed by atoms with E-state index in [1.165, 1.54) is 22.1 Å². The van der Waals surface area contributed by atoms with Crippen LogP contribution in [-0.4, -0.2) is 11.5 Å². The van der Waals surface area contributed by atoms with Crippen LogP contribution in [0.4, 0.5) is 0 Å². The van der Waals surface area contributed by atoms with Crippen LogP contribution < -0.4 is 5.73 Å². The monoisotopic (exact) mass is 228 g/mol. The third kappa shape index (κ3) is 2.47. The second-order valence-corrected chi connectivity index (χ2v) is 4.79. The number of aromatic nitrogens is 1. The highest BCUT2D eigenvalue weighted by molar-refractivity contribution is 5.86. The zero-order valence-electron chi connectivity index (χ0n) is 10.9. The van der Waals surface area contributed by atoms with E-state index in [1.54, 1.807) is 0 Å². The van der Waals surface area contributed by atoms with Gasteiger partial charge in [0, 0.05) is 11.1 Å². The van der Waals surface area contributed by atoms with Crippen LogP contribution in [0.2, 0.25) is 0 Å². The Morgan fingerprint density at radius 2 is 1.88 bits per heavy atom. The number of pyridine rings is 1. The molecular weight excluding hydrogens is 208 g/mol. The van der Waals surface area contributed by atoms with Crippen molar-refractivity contribution in [2.45, 2.75) is 33.6 Å². The van der Waals surface area contributed by atoms with E-state index in [9.17, 15) is 0 Å². The van der Waals surface area contributed by atoms with Gasteiger partial charge < -0.3 is 5.73 Å². The van der Waals surface area contributed by atoms with Gasteiger partial charge in [0.25, 0.3) is 0 Å². The SMILES string of the molecule is Cc1cc(C)c2c(CCCN)cc(C)nc2c1. The van der Waals surface area contributed by atoms with Gasteiger partial charge in [-0.15, -0.1) is 0 Å². The van der Waals surface area contributed by atoms with Crippen molar-refractivity contribution in [2.24, 2.45) is 5.73 Å². The fourth-order valence-electron chi connectivity index (χ4n) is 2.49. The van der Waals surface area contributed by atoms with E-state index in [0.29, 0.717) is 0 Å². The van der Waals surface area contributed by atoms with Crippen LogP contribution in [0, 0.1) is 20.8 Å². The Labute approximate surface area is 103 Å². The van der Waals surface area contributed by atoms with Crippen LogP contribution in [0.5, 0.6) is 0 Å². The van der Waals surface area contributed by atoms with Crippen LogP contribution in [0.1, 0.15) is 28.8 Å². The van der Waals surface area contributed by atoms with Crippen molar-refractivity contribution >= 4 is 10.9 Å². The smallest absolute Gasteiger partial charge is 0.0713 e. The molecule has 2 N–H and O–H groups in total. The van der Waals surface area contributed by atoms with Gasteiger partial charge in [0.05, 0.1) is 5.52 Å². The summed E-state index contributed by atoms with van der Waals surface area (Å²) in [7, 11) is 0. The predicted octanol–water partition coefficient (Wildman–Crippen LogP) is 3.05. The quantitative estimate of drug-likeness (QED) is 0.877. The minimum atomic E-state index is 0.744. The molecule has 0 aliphatic heterocycles. The standard InChI is InChI=1S/C15H20N2/c1-10-7-11(2)15-13(5-4-6-16)9-12(3)17-14(15)8-10/h7-9H,4-6,16H2,1-3H3. The molecule has 0 fully saturated rings. The molecule has 0 unspecified atom stereocenters. The van der Waals surface area contributed by atoms with Crippen molar-refractivity contribution < 1.29 is 0 Å². The van der Waals surface area contributed by atoms with Crippen molar-refractivity contribution in [3.05, 3.63) is 40.6 Å². The van der Waals surface area contributed by atoms with Gasteiger partial charge in [-0.2, -0.15) is 0 Å². The minimum Gasteiger partial charge on any atom is -0.330 e. The maximum absolute atomic E-state index is 5.61. The van der Waals surface area contributed by atoms with Gasteiger partial charge in [-0.3, -0.25) is 4.98 Å². The summed E-state index contributed by atoms with van der Waals surface area (Å²) >= 11 is 0. The molecule has 17 heavy (non-hydrogen) atoms. The maximum atomic E-state index is 5.61. The van der Waals surface area contributed by atoms with Crippen molar-refractivity contribution in [3.8, 4) is 0 Å². The second kappa shape index (κ2) is 4.84. The van der Waals surface area contributed by atoms with Crippen LogP contribution in [0.15, 0.2) is 18.2 Å². The lowest BCUT2D eigenvalue weighted by atomic mass is 9.98. The summed E-state index contributed by atoms with van der Waals surface area (Å²) in [5.74, 6) is 0. The Bertz CT molecular complexity index is 539. The molecule has 1 aromatic carbocycles. The molecule has 2 aromatic rings. The molecule has 2 heteroatoms. The lowest BCUT2D eigenvalue weighted by Crippen LogP contribution is -2.02. The minimum absolute atomic E-state index is 0.744. The van der Waals surface area contributed by atoms with E-state index in [4.69, 9.17) is 5.73 Å². The number of benzene rings is 1. The summed E-state index contributed by atoms with van der Waals surface area (Å²) in [6.45, 7) is 7.09. The van der Waals surface area contributed by atoms with Crippen LogP contribution in [0.25, 0.3) is 10.9 Å². The van der Waals surface area contributed by atoms with Gasteiger partial charge in [0.15, 0.2) is 0 Å². The summed E-state index contributed by atoms with van der Waals surface area (Å²) < 4.78 is 0. The zero-order valence-corrected chi connectivity index (χ0v) is 10.9. The number of fused-ring (bicyclic) bond motifs is 1. The Morgan fingerprint density at radius 1 is 1.12 bits per heavy atom. The first kappa shape index (κ1) is 12.1. The van der Waals surface area contributed by atoms with Crippen LogP contribution >= 0.6 is 0 Å². The van der Waals surface area contributed by atoms with E-state index in [0.717, 1.165) is 30.6 Å². The fourth-order valence-corrected chi connectivity index (χ4v) is 2.49. The zero-order chi connectivity index (χ0) is 12.4. The molecule has 0 radical (unpaired) electrons. The van der Waals surface area contributed by atoms with E-state index < -0.39 is 0 Å². The topological polar surface area (TPSA) is 38.9 Å².